The van der Waals surface area contributed by atoms with Crippen LogP contribution in [0.5, 0.6) is 5.75 Å². The summed E-state index contributed by atoms with van der Waals surface area (Å²) in [6.45, 7) is 2.09. The molecular weight excluding hydrogens is 320 g/mol. The lowest BCUT2D eigenvalue weighted by Gasteiger charge is -2.12. The Morgan fingerprint density at radius 2 is 2.00 bits per heavy atom. The molecule has 0 aliphatic rings. The van der Waals surface area contributed by atoms with Crippen LogP contribution in [0.1, 0.15) is 12.5 Å². The molecule has 0 aliphatic heterocycles. The molecule has 0 aromatic heterocycles. The van der Waals surface area contributed by atoms with Crippen LogP contribution in [0.3, 0.4) is 0 Å². The van der Waals surface area contributed by atoms with E-state index >= 15 is 0 Å². The average molecular weight is 337 g/mol. The van der Waals surface area contributed by atoms with Gasteiger partial charge >= 0.3 is 0 Å². The summed E-state index contributed by atoms with van der Waals surface area (Å²) in [6, 6.07) is 11.0. The zero-order valence-electron chi connectivity index (χ0n) is 12.8. The van der Waals surface area contributed by atoms with Crippen molar-refractivity contribution in [1.29, 1.82) is 0 Å². The van der Waals surface area contributed by atoms with Crippen LogP contribution in [-0.2, 0) is 11.3 Å². The van der Waals surface area contributed by atoms with Crippen molar-refractivity contribution in [3.8, 4) is 5.75 Å². The Morgan fingerprint density at radius 3 is 2.70 bits per heavy atom. The molecule has 23 heavy (non-hydrogen) atoms. The first-order valence-corrected chi connectivity index (χ1v) is 7.90. The third-order valence-corrected chi connectivity index (χ3v) is 4.27. The van der Waals surface area contributed by atoms with E-state index in [0.717, 1.165) is 23.4 Å². The van der Waals surface area contributed by atoms with Crippen molar-refractivity contribution < 1.29 is 18.3 Å². The highest BCUT2D eigenvalue weighted by Gasteiger charge is 2.15. The number of hydrogen-bond donors (Lipinski definition) is 1. The molecule has 2 aromatic rings. The first kappa shape index (κ1) is 17.3. The van der Waals surface area contributed by atoms with Crippen molar-refractivity contribution in [3.63, 3.8) is 0 Å². The molecule has 2 rings (SSSR count). The molecule has 0 bridgehead atoms. The van der Waals surface area contributed by atoms with Crippen LogP contribution < -0.4 is 10.1 Å². The third kappa shape index (κ3) is 4.96. The molecule has 0 fully saturated rings. The number of methoxy groups -OCH3 is 1. The van der Waals surface area contributed by atoms with Crippen LogP contribution in [0.2, 0.25) is 0 Å². The minimum absolute atomic E-state index is 0.178. The van der Waals surface area contributed by atoms with E-state index < -0.39 is 16.9 Å². The standard InChI is InChI=1S/C17H17F2NO2S/c1-11(23-14-6-7-15(18)16(19)9-14)17(21)20-10-12-4-3-5-13(8-12)22-2/h3-9,11H,10H2,1-2H3,(H,20,21). The van der Waals surface area contributed by atoms with Gasteiger partial charge in [0.25, 0.3) is 0 Å². The van der Waals surface area contributed by atoms with E-state index in [1.807, 2.05) is 24.3 Å². The zero-order valence-corrected chi connectivity index (χ0v) is 13.6. The highest BCUT2D eigenvalue weighted by atomic mass is 32.2. The predicted octanol–water partition coefficient (Wildman–Crippen LogP) is 3.77. The molecule has 1 amide bonds. The largest absolute Gasteiger partial charge is 0.497 e. The molecule has 1 atom stereocenters. The highest BCUT2D eigenvalue weighted by Crippen LogP contribution is 2.25. The van der Waals surface area contributed by atoms with Gasteiger partial charge in [0.1, 0.15) is 5.75 Å². The maximum absolute atomic E-state index is 13.2. The second-order valence-corrected chi connectivity index (χ2v) is 6.32. The van der Waals surface area contributed by atoms with E-state index in [0.29, 0.717) is 11.4 Å². The maximum Gasteiger partial charge on any atom is 0.233 e. The number of carbonyl (C=O) groups excluding carboxylic acids is 1. The fourth-order valence-corrected chi connectivity index (χ4v) is 2.84. The van der Waals surface area contributed by atoms with E-state index in [2.05, 4.69) is 5.32 Å². The van der Waals surface area contributed by atoms with Gasteiger partial charge in [0.05, 0.1) is 12.4 Å². The second kappa shape index (κ2) is 7.97. The van der Waals surface area contributed by atoms with Gasteiger partial charge in [-0.2, -0.15) is 0 Å². The molecule has 122 valence electrons. The summed E-state index contributed by atoms with van der Waals surface area (Å²) in [5, 5.41) is 2.39. The summed E-state index contributed by atoms with van der Waals surface area (Å²) in [7, 11) is 1.58. The van der Waals surface area contributed by atoms with E-state index in [1.165, 1.54) is 17.8 Å². The van der Waals surface area contributed by atoms with Crippen molar-refractivity contribution in [3.05, 3.63) is 59.7 Å². The Balaban J connectivity index is 1.90. The van der Waals surface area contributed by atoms with Crippen molar-refractivity contribution in [2.75, 3.05) is 7.11 Å². The SMILES string of the molecule is COc1cccc(CNC(=O)C(C)Sc2ccc(F)c(F)c2)c1. The Hall–Kier alpha value is -2.08. The van der Waals surface area contributed by atoms with Crippen molar-refractivity contribution in [2.45, 2.75) is 23.6 Å². The van der Waals surface area contributed by atoms with E-state index in [9.17, 15) is 13.6 Å². The summed E-state index contributed by atoms with van der Waals surface area (Å²) in [6.07, 6.45) is 0. The monoisotopic (exact) mass is 337 g/mol. The lowest BCUT2D eigenvalue weighted by atomic mass is 10.2. The minimum Gasteiger partial charge on any atom is -0.497 e. The molecule has 1 N–H and O–H groups in total. The lowest BCUT2D eigenvalue weighted by Crippen LogP contribution is -2.30. The van der Waals surface area contributed by atoms with Gasteiger partial charge in [0.2, 0.25) is 5.91 Å². The van der Waals surface area contributed by atoms with E-state index in [1.54, 1.807) is 14.0 Å². The third-order valence-electron chi connectivity index (χ3n) is 3.17. The number of ether oxygens (including phenoxy) is 1. The number of carbonyl (C=O) groups is 1. The number of nitrogens with one attached hydrogen (secondary N) is 1. The Kier molecular flexibility index (Phi) is 5.98. The molecule has 3 nitrogen and oxygen atoms in total. The van der Waals surface area contributed by atoms with Gasteiger partial charge in [0.15, 0.2) is 11.6 Å². The van der Waals surface area contributed by atoms with Gasteiger partial charge in [-0.25, -0.2) is 8.78 Å². The number of amides is 1. The number of halogens is 2. The van der Waals surface area contributed by atoms with Crippen LogP contribution in [0, 0.1) is 11.6 Å². The summed E-state index contributed by atoms with van der Waals surface area (Å²) in [5.74, 6) is -1.27. The van der Waals surface area contributed by atoms with Crippen molar-refractivity contribution in [1.82, 2.24) is 5.32 Å². The predicted molar refractivity (Wildman–Crippen MR) is 86.5 cm³/mol. The van der Waals surface area contributed by atoms with E-state index in [4.69, 9.17) is 4.74 Å². The summed E-state index contributed by atoms with van der Waals surface area (Å²) in [5.41, 5.74) is 0.919. The van der Waals surface area contributed by atoms with E-state index in [-0.39, 0.29) is 5.91 Å². The van der Waals surface area contributed by atoms with Crippen LogP contribution in [0.25, 0.3) is 0 Å². The molecule has 0 radical (unpaired) electrons. The van der Waals surface area contributed by atoms with Crippen LogP contribution in [-0.4, -0.2) is 18.3 Å². The topological polar surface area (TPSA) is 38.3 Å². The smallest absolute Gasteiger partial charge is 0.233 e. The Labute approximate surface area is 138 Å². The first-order valence-electron chi connectivity index (χ1n) is 7.02. The summed E-state index contributed by atoms with van der Waals surface area (Å²) in [4.78, 5) is 12.6. The van der Waals surface area contributed by atoms with Gasteiger partial charge < -0.3 is 10.1 Å². The average Bonchev–Trinajstić information content (AvgIpc) is 2.56. The second-order valence-electron chi connectivity index (χ2n) is 4.91. The molecule has 2 aromatic carbocycles. The number of benzene rings is 2. The normalized spacial score (nSPS) is 11.8. The van der Waals surface area contributed by atoms with Gasteiger partial charge in [-0.15, -0.1) is 11.8 Å². The van der Waals surface area contributed by atoms with Crippen molar-refractivity contribution >= 4 is 17.7 Å². The molecule has 1 unspecified atom stereocenters. The first-order chi connectivity index (χ1) is 11.0. The van der Waals surface area contributed by atoms with Gasteiger partial charge in [-0.05, 0) is 42.8 Å². The Bertz CT molecular complexity index is 694. The van der Waals surface area contributed by atoms with Gasteiger partial charge in [0, 0.05) is 11.4 Å². The molecule has 0 aliphatic carbocycles. The van der Waals surface area contributed by atoms with Crippen LogP contribution in [0.4, 0.5) is 8.78 Å². The highest BCUT2D eigenvalue weighted by molar-refractivity contribution is 8.00. The van der Waals surface area contributed by atoms with Crippen LogP contribution >= 0.6 is 11.8 Å². The number of hydrogen-bond acceptors (Lipinski definition) is 3. The summed E-state index contributed by atoms with van der Waals surface area (Å²) >= 11 is 1.17. The molecular formula is C17H17F2NO2S. The minimum atomic E-state index is -0.918. The maximum atomic E-state index is 13.2. The lowest BCUT2D eigenvalue weighted by molar-refractivity contribution is -0.120. The Morgan fingerprint density at radius 1 is 1.22 bits per heavy atom. The molecule has 0 saturated carbocycles. The molecule has 0 heterocycles. The van der Waals surface area contributed by atoms with Gasteiger partial charge in [-0.1, -0.05) is 12.1 Å². The number of rotatable bonds is 6. The fraction of sp³-hybridized carbons (Fsp3) is 0.235. The van der Waals surface area contributed by atoms with Crippen molar-refractivity contribution in [2.24, 2.45) is 0 Å². The summed E-state index contributed by atoms with van der Waals surface area (Å²) < 4.78 is 31.2. The molecule has 6 heteroatoms. The fourth-order valence-electron chi connectivity index (χ4n) is 1.92. The van der Waals surface area contributed by atoms with Gasteiger partial charge in [-0.3, -0.25) is 4.79 Å². The number of thioether (sulfide) groups is 1. The zero-order chi connectivity index (χ0) is 16.8. The quantitative estimate of drug-likeness (QED) is 0.816. The molecule has 0 spiro atoms. The molecule has 0 saturated heterocycles. The van der Waals surface area contributed by atoms with Crippen LogP contribution in [0.15, 0.2) is 47.4 Å².